The molecule has 2 aliphatic carbocycles. The summed E-state index contributed by atoms with van der Waals surface area (Å²) >= 11 is 1.61. The topological polar surface area (TPSA) is 94.4 Å². The van der Waals surface area contributed by atoms with E-state index in [1.54, 1.807) is 38.3 Å². The first-order valence-electron chi connectivity index (χ1n) is 10.9. The fraction of sp³-hybridized carbons (Fsp3) is 0.591. The quantitative estimate of drug-likeness (QED) is 0.542. The molecule has 0 aromatic carbocycles. The van der Waals surface area contributed by atoms with Crippen molar-refractivity contribution in [2.24, 2.45) is 11.8 Å². The summed E-state index contributed by atoms with van der Waals surface area (Å²) in [4.78, 5) is 22.2. The number of thiophene rings is 1. The lowest BCUT2D eigenvalue weighted by Gasteiger charge is -2.28. The van der Waals surface area contributed by atoms with Crippen LogP contribution in [0.4, 0.5) is 4.79 Å². The van der Waals surface area contributed by atoms with E-state index in [4.69, 9.17) is 9.72 Å². The van der Waals surface area contributed by atoms with Gasteiger partial charge in [0.05, 0.1) is 34.7 Å². The van der Waals surface area contributed by atoms with E-state index in [1.807, 2.05) is 11.4 Å². The van der Waals surface area contributed by atoms with Crippen LogP contribution in [0.25, 0.3) is 21.3 Å². The molecule has 2 fully saturated rings. The van der Waals surface area contributed by atoms with Crippen LogP contribution in [-0.4, -0.2) is 45.2 Å². The zero-order chi connectivity index (χ0) is 22.8. The zero-order valence-electron chi connectivity index (χ0n) is 18.7. The van der Waals surface area contributed by atoms with Crippen LogP contribution >= 0.6 is 11.3 Å². The number of hydrogen-bond donors (Lipinski definition) is 0. The number of ether oxygens (including phenoxy) is 1. The predicted molar refractivity (Wildman–Crippen MR) is 124 cm³/mol. The van der Waals surface area contributed by atoms with Gasteiger partial charge in [-0.15, -0.1) is 11.3 Å². The van der Waals surface area contributed by atoms with Gasteiger partial charge in [0.25, 0.3) is 0 Å². The minimum atomic E-state index is -3.86. The van der Waals surface area contributed by atoms with Gasteiger partial charge in [-0.25, -0.2) is 18.2 Å². The van der Waals surface area contributed by atoms with E-state index in [0.717, 1.165) is 38.2 Å². The largest absolute Gasteiger partial charge is 0.443 e. The summed E-state index contributed by atoms with van der Waals surface area (Å²) in [5.41, 5.74) is 1.83. The average molecular weight is 477 g/mol. The molecule has 0 radical (unpaired) electrons. The van der Waals surface area contributed by atoms with Crippen LogP contribution in [0.2, 0.25) is 0 Å². The average Bonchev–Trinajstić information content (AvgIpc) is 3.44. The third-order valence-electron chi connectivity index (χ3n) is 6.51. The molecular formula is C22H28N4O4S2. The molecule has 0 aliphatic heterocycles. The van der Waals surface area contributed by atoms with Gasteiger partial charge < -0.3 is 9.30 Å². The van der Waals surface area contributed by atoms with E-state index < -0.39 is 21.7 Å². The van der Waals surface area contributed by atoms with Gasteiger partial charge in [0.2, 0.25) is 10.0 Å². The molecule has 2 saturated carbocycles. The van der Waals surface area contributed by atoms with Crippen LogP contribution < -0.4 is 0 Å². The Balaban J connectivity index is 1.64. The molecule has 3 atom stereocenters. The first kappa shape index (κ1) is 21.6. The second kappa shape index (κ2) is 7.41. The van der Waals surface area contributed by atoms with Gasteiger partial charge in [0.15, 0.2) is 0 Å². The van der Waals surface area contributed by atoms with E-state index in [0.29, 0.717) is 17.7 Å². The van der Waals surface area contributed by atoms with Crippen molar-refractivity contribution >= 4 is 48.7 Å². The van der Waals surface area contributed by atoms with Crippen LogP contribution in [0.5, 0.6) is 0 Å². The number of amides is 1. The van der Waals surface area contributed by atoms with Crippen molar-refractivity contribution < 1.29 is 17.9 Å². The highest BCUT2D eigenvalue weighted by Crippen LogP contribution is 2.52. The van der Waals surface area contributed by atoms with Crippen LogP contribution in [0.1, 0.15) is 58.3 Å². The molecule has 10 heteroatoms. The van der Waals surface area contributed by atoms with Crippen molar-refractivity contribution in [3.8, 4) is 0 Å². The van der Waals surface area contributed by atoms with Crippen molar-refractivity contribution in [1.29, 1.82) is 0 Å². The van der Waals surface area contributed by atoms with E-state index in [9.17, 15) is 13.2 Å². The molecule has 3 aromatic rings. The SMILES string of the molecule is CC(C)(C)OC(=O)N(Cc1nc2cnc3ccsc3c2n1[C@H]1CC2CCC1C2)S(C)(=O)=O. The molecular weight excluding hydrogens is 448 g/mol. The number of sulfonamides is 1. The molecule has 2 unspecified atom stereocenters. The predicted octanol–water partition coefficient (Wildman–Crippen LogP) is 4.70. The monoisotopic (exact) mass is 476 g/mol. The highest BCUT2D eigenvalue weighted by molar-refractivity contribution is 7.88. The Bertz CT molecular complexity index is 1300. The molecule has 8 nitrogen and oxygen atoms in total. The summed E-state index contributed by atoms with van der Waals surface area (Å²) in [6.45, 7) is 4.99. The van der Waals surface area contributed by atoms with E-state index in [-0.39, 0.29) is 12.6 Å². The summed E-state index contributed by atoms with van der Waals surface area (Å²) in [5, 5.41) is 2.01. The van der Waals surface area contributed by atoms with Crippen molar-refractivity contribution in [2.45, 2.75) is 64.6 Å². The normalized spacial score (nSPS) is 23.3. The van der Waals surface area contributed by atoms with Gasteiger partial charge in [-0.3, -0.25) is 4.98 Å². The number of carbonyl (C=O) groups is 1. The maximum absolute atomic E-state index is 12.8. The Morgan fingerprint density at radius 3 is 2.69 bits per heavy atom. The lowest BCUT2D eigenvalue weighted by Crippen LogP contribution is -2.40. The van der Waals surface area contributed by atoms with E-state index in [1.165, 1.54) is 19.3 Å². The van der Waals surface area contributed by atoms with Crippen molar-refractivity contribution in [2.75, 3.05) is 6.26 Å². The minimum Gasteiger partial charge on any atom is -0.443 e. The summed E-state index contributed by atoms with van der Waals surface area (Å²) in [7, 11) is -3.86. The molecule has 32 heavy (non-hydrogen) atoms. The Morgan fingerprint density at radius 1 is 1.28 bits per heavy atom. The lowest BCUT2D eigenvalue weighted by atomic mass is 9.95. The molecule has 3 aromatic heterocycles. The Kier molecular flexibility index (Phi) is 5.01. The third-order valence-corrected chi connectivity index (χ3v) is 8.50. The number of rotatable bonds is 4. The highest BCUT2D eigenvalue weighted by atomic mass is 32.2. The Labute approximate surface area is 191 Å². The number of fused-ring (bicyclic) bond motifs is 5. The fourth-order valence-corrected chi connectivity index (χ4v) is 6.83. The number of pyridine rings is 1. The number of imidazole rings is 1. The first-order valence-corrected chi connectivity index (χ1v) is 13.7. The number of aromatic nitrogens is 3. The number of nitrogens with zero attached hydrogens (tertiary/aromatic N) is 4. The zero-order valence-corrected chi connectivity index (χ0v) is 20.4. The van der Waals surface area contributed by atoms with Crippen LogP contribution in [0.3, 0.4) is 0 Å². The van der Waals surface area contributed by atoms with Gasteiger partial charge in [-0.2, -0.15) is 4.31 Å². The molecule has 0 saturated heterocycles. The van der Waals surface area contributed by atoms with Crippen molar-refractivity contribution in [3.05, 3.63) is 23.5 Å². The second-order valence-electron chi connectivity index (χ2n) is 10.0. The maximum atomic E-state index is 12.8. The van der Waals surface area contributed by atoms with Crippen LogP contribution in [-0.2, 0) is 21.3 Å². The van der Waals surface area contributed by atoms with Gasteiger partial charge in [-0.1, -0.05) is 6.42 Å². The minimum absolute atomic E-state index is 0.164. The highest BCUT2D eigenvalue weighted by Gasteiger charge is 2.42. The van der Waals surface area contributed by atoms with Gasteiger partial charge in [0.1, 0.15) is 16.9 Å². The van der Waals surface area contributed by atoms with Gasteiger partial charge >= 0.3 is 6.09 Å². The molecule has 2 aliphatic rings. The molecule has 172 valence electrons. The maximum Gasteiger partial charge on any atom is 0.424 e. The summed E-state index contributed by atoms with van der Waals surface area (Å²) in [6, 6.07) is 2.24. The third kappa shape index (κ3) is 3.77. The van der Waals surface area contributed by atoms with Crippen molar-refractivity contribution in [1.82, 2.24) is 18.8 Å². The second-order valence-corrected chi connectivity index (χ2v) is 12.8. The van der Waals surface area contributed by atoms with Crippen LogP contribution in [0.15, 0.2) is 17.6 Å². The molecule has 0 spiro atoms. The van der Waals surface area contributed by atoms with Crippen LogP contribution in [0, 0.1) is 11.8 Å². The van der Waals surface area contributed by atoms with Gasteiger partial charge in [-0.05, 0) is 63.3 Å². The smallest absolute Gasteiger partial charge is 0.424 e. The molecule has 5 rings (SSSR count). The molecule has 1 amide bonds. The summed E-state index contributed by atoms with van der Waals surface area (Å²) < 4.78 is 34.6. The van der Waals surface area contributed by atoms with Gasteiger partial charge in [0, 0.05) is 6.04 Å². The Morgan fingerprint density at radius 2 is 2.06 bits per heavy atom. The standard InChI is InChI=1S/C22H28N4O4S2/c1-22(2,3)30-21(27)25(32(4,28)29)12-18-24-16-11-23-15-7-8-31-20(15)19(16)26(18)17-10-13-5-6-14(17)9-13/h7-8,11,13-14,17H,5-6,9-10,12H2,1-4H3/t13?,14?,17-/m0/s1. The molecule has 3 heterocycles. The molecule has 0 N–H and O–H groups in total. The van der Waals surface area contributed by atoms with E-state index in [2.05, 4.69) is 9.55 Å². The Hall–Kier alpha value is -2.20. The fourth-order valence-electron chi connectivity index (χ4n) is 5.28. The van der Waals surface area contributed by atoms with Crippen molar-refractivity contribution in [3.63, 3.8) is 0 Å². The summed E-state index contributed by atoms with van der Waals surface area (Å²) in [6.07, 6.45) is 6.58. The molecule has 2 bridgehead atoms. The number of carbonyl (C=O) groups excluding carboxylic acids is 1. The first-order chi connectivity index (χ1) is 15.0. The number of hydrogen-bond acceptors (Lipinski definition) is 7. The lowest BCUT2D eigenvalue weighted by molar-refractivity contribution is 0.0377. The summed E-state index contributed by atoms with van der Waals surface area (Å²) in [5.74, 6) is 1.82. The van der Waals surface area contributed by atoms with E-state index >= 15 is 0 Å².